The van der Waals surface area contributed by atoms with Crippen molar-refractivity contribution in [2.45, 2.75) is 20.0 Å². The second-order valence-electron chi connectivity index (χ2n) is 5.55. The maximum absolute atomic E-state index is 12.2. The summed E-state index contributed by atoms with van der Waals surface area (Å²) in [6.07, 6.45) is -0.525. The molecule has 0 fully saturated rings. The van der Waals surface area contributed by atoms with E-state index in [1.54, 1.807) is 6.07 Å². The third-order valence-electron chi connectivity index (χ3n) is 3.67. The molecular formula is C17H22N2O2. The molecule has 0 aliphatic rings. The molecule has 2 N–H and O–H groups in total. The summed E-state index contributed by atoms with van der Waals surface area (Å²) in [4.78, 5) is 12.2. The van der Waals surface area contributed by atoms with E-state index in [1.165, 1.54) is 0 Å². The Kier molecular flexibility index (Phi) is 4.81. The van der Waals surface area contributed by atoms with Crippen LogP contribution in [0.2, 0.25) is 0 Å². The van der Waals surface area contributed by atoms with E-state index in [1.807, 2.05) is 61.9 Å². The van der Waals surface area contributed by atoms with Gasteiger partial charge in [0.15, 0.2) is 0 Å². The molecular weight excluding hydrogens is 264 g/mol. The van der Waals surface area contributed by atoms with Crippen molar-refractivity contribution in [3.63, 3.8) is 0 Å². The number of benzene rings is 1. The number of carbonyl (C=O) groups is 1. The molecule has 112 valence electrons. The van der Waals surface area contributed by atoms with Crippen molar-refractivity contribution in [3.05, 3.63) is 48.2 Å². The Morgan fingerprint density at radius 1 is 1.19 bits per heavy atom. The fraction of sp³-hybridized carbons (Fsp3) is 0.353. The summed E-state index contributed by atoms with van der Waals surface area (Å²) in [5.41, 5.74) is 2.65. The molecule has 2 aromatic rings. The predicted molar refractivity (Wildman–Crippen MR) is 84.0 cm³/mol. The highest BCUT2D eigenvalue weighted by Gasteiger charge is 2.15. The van der Waals surface area contributed by atoms with Crippen molar-refractivity contribution < 1.29 is 9.90 Å². The van der Waals surface area contributed by atoms with Gasteiger partial charge in [0.25, 0.3) is 5.91 Å². The number of aliphatic hydroxyl groups is 1. The molecule has 0 aliphatic heterocycles. The summed E-state index contributed by atoms with van der Waals surface area (Å²) in [5, 5.41) is 12.5. The van der Waals surface area contributed by atoms with Gasteiger partial charge < -0.3 is 15.0 Å². The van der Waals surface area contributed by atoms with Crippen LogP contribution in [0.1, 0.15) is 24.3 Å². The van der Waals surface area contributed by atoms with Gasteiger partial charge in [-0.2, -0.15) is 0 Å². The molecule has 1 unspecified atom stereocenters. The zero-order chi connectivity index (χ0) is 15.4. The summed E-state index contributed by atoms with van der Waals surface area (Å²) in [6, 6.07) is 13.7. The monoisotopic (exact) mass is 286 g/mol. The summed E-state index contributed by atoms with van der Waals surface area (Å²) >= 11 is 0. The number of nitrogens with zero attached hydrogens (tertiary/aromatic N) is 1. The molecule has 4 nitrogen and oxygen atoms in total. The Balaban J connectivity index is 2.12. The van der Waals surface area contributed by atoms with E-state index in [9.17, 15) is 9.90 Å². The van der Waals surface area contributed by atoms with Gasteiger partial charge in [0.2, 0.25) is 0 Å². The van der Waals surface area contributed by atoms with Gasteiger partial charge in [-0.05, 0) is 23.6 Å². The van der Waals surface area contributed by atoms with E-state index in [4.69, 9.17) is 0 Å². The molecule has 1 amide bonds. The van der Waals surface area contributed by atoms with E-state index in [-0.39, 0.29) is 18.4 Å². The van der Waals surface area contributed by atoms with Crippen LogP contribution in [0.3, 0.4) is 0 Å². The topological polar surface area (TPSA) is 54.3 Å². The molecule has 0 bridgehead atoms. The molecule has 4 heteroatoms. The van der Waals surface area contributed by atoms with Gasteiger partial charge in [-0.1, -0.05) is 44.2 Å². The van der Waals surface area contributed by atoms with Crippen LogP contribution in [-0.2, 0) is 7.05 Å². The van der Waals surface area contributed by atoms with E-state index in [0.717, 1.165) is 11.3 Å². The van der Waals surface area contributed by atoms with E-state index in [2.05, 4.69) is 5.32 Å². The fourth-order valence-electron chi connectivity index (χ4n) is 2.16. The summed E-state index contributed by atoms with van der Waals surface area (Å²) in [7, 11) is 1.87. The van der Waals surface area contributed by atoms with Crippen LogP contribution in [0.4, 0.5) is 0 Å². The predicted octanol–water partition coefficient (Wildman–Crippen LogP) is 2.44. The zero-order valence-electron chi connectivity index (χ0n) is 12.7. The second-order valence-corrected chi connectivity index (χ2v) is 5.55. The highest BCUT2D eigenvalue weighted by molar-refractivity contribution is 5.93. The third kappa shape index (κ3) is 3.52. The number of hydrogen-bond acceptors (Lipinski definition) is 2. The van der Waals surface area contributed by atoms with Gasteiger partial charge in [-0.25, -0.2) is 0 Å². The lowest BCUT2D eigenvalue weighted by Crippen LogP contribution is -2.35. The maximum Gasteiger partial charge on any atom is 0.268 e. The van der Waals surface area contributed by atoms with Crippen molar-refractivity contribution in [1.82, 2.24) is 9.88 Å². The van der Waals surface area contributed by atoms with Crippen LogP contribution in [-0.4, -0.2) is 28.2 Å². The van der Waals surface area contributed by atoms with Crippen molar-refractivity contribution in [3.8, 4) is 11.3 Å². The molecule has 0 saturated heterocycles. The van der Waals surface area contributed by atoms with E-state index in [0.29, 0.717) is 5.69 Å². The minimum Gasteiger partial charge on any atom is -0.391 e. The Morgan fingerprint density at radius 3 is 2.48 bits per heavy atom. The lowest BCUT2D eigenvalue weighted by Gasteiger charge is -2.15. The van der Waals surface area contributed by atoms with Crippen LogP contribution in [0.25, 0.3) is 11.3 Å². The average molecular weight is 286 g/mol. The zero-order valence-corrected chi connectivity index (χ0v) is 12.7. The van der Waals surface area contributed by atoms with E-state index < -0.39 is 6.10 Å². The fourth-order valence-corrected chi connectivity index (χ4v) is 2.16. The summed E-state index contributed by atoms with van der Waals surface area (Å²) < 4.78 is 1.87. The van der Waals surface area contributed by atoms with Gasteiger partial charge >= 0.3 is 0 Å². The first-order valence-electron chi connectivity index (χ1n) is 7.18. The number of amides is 1. The van der Waals surface area contributed by atoms with E-state index >= 15 is 0 Å². The molecule has 1 aromatic heterocycles. The SMILES string of the molecule is CC(C)C(O)CNC(=O)c1ccc(-c2ccccc2)n1C. The van der Waals surface area contributed by atoms with Gasteiger partial charge in [0.1, 0.15) is 5.69 Å². The standard InChI is InChI=1S/C17H22N2O2/c1-12(2)16(20)11-18-17(21)15-10-9-14(19(15)3)13-7-5-4-6-8-13/h4-10,12,16,20H,11H2,1-3H3,(H,18,21). The smallest absolute Gasteiger partial charge is 0.268 e. The first-order chi connectivity index (χ1) is 10.0. The Bertz CT molecular complexity index is 603. The number of nitrogens with one attached hydrogen (secondary N) is 1. The van der Waals surface area contributed by atoms with Crippen molar-refractivity contribution >= 4 is 5.91 Å². The number of carbonyl (C=O) groups excluding carboxylic acids is 1. The average Bonchev–Trinajstić information content (AvgIpc) is 2.87. The Morgan fingerprint density at radius 2 is 1.86 bits per heavy atom. The van der Waals surface area contributed by atoms with Crippen molar-refractivity contribution in [1.29, 1.82) is 0 Å². The van der Waals surface area contributed by atoms with Gasteiger partial charge in [0, 0.05) is 19.3 Å². The molecule has 1 aromatic carbocycles. The van der Waals surface area contributed by atoms with Crippen LogP contribution >= 0.6 is 0 Å². The molecule has 1 heterocycles. The molecule has 0 aliphatic carbocycles. The summed E-state index contributed by atoms with van der Waals surface area (Å²) in [5.74, 6) is -0.0435. The maximum atomic E-state index is 12.2. The lowest BCUT2D eigenvalue weighted by atomic mass is 10.1. The first kappa shape index (κ1) is 15.3. The number of aromatic nitrogens is 1. The molecule has 1 atom stereocenters. The van der Waals surface area contributed by atoms with Crippen LogP contribution in [0, 0.1) is 5.92 Å². The molecule has 2 rings (SSSR count). The van der Waals surface area contributed by atoms with Gasteiger partial charge in [-0.15, -0.1) is 0 Å². The van der Waals surface area contributed by atoms with Crippen LogP contribution in [0.15, 0.2) is 42.5 Å². The largest absolute Gasteiger partial charge is 0.391 e. The molecule has 0 radical (unpaired) electrons. The number of hydrogen-bond donors (Lipinski definition) is 2. The molecule has 0 saturated carbocycles. The third-order valence-corrected chi connectivity index (χ3v) is 3.67. The highest BCUT2D eigenvalue weighted by atomic mass is 16.3. The van der Waals surface area contributed by atoms with Crippen molar-refractivity contribution in [2.75, 3.05) is 6.54 Å². The van der Waals surface area contributed by atoms with Crippen molar-refractivity contribution in [2.24, 2.45) is 13.0 Å². The Hall–Kier alpha value is -2.07. The minimum absolute atomic E-state index is 0.124. The first-order valence-corrected chi connectivity index (χ1v) is 7.18. The normalized spacial score (nSPS) is 12.4. The minimum atomic E-state index is -0.525. The van der Waals surface area contributed by atoms with Crippen LogP contribution in [0.5, 0.6) is 0 Å². The molecule has 0 spiro atoms. The highest BCUT2D eigenvalue weighted by Crippen LogP contribution is 2.21. The second kappa shape index (κ2) is 6.59. The van der Waals surface area contributed by atoms with Crippen LogP contribution < -0.4 is 5.32 Å². The Labute approximate surface area is 125 Å². The molecule has 21 heavy (non-hydrogen) atoms. The number of aliphatic hydroxyl groups excluding tert-OH is 1. The van der Waals surface area contributed by atoms with Gasteiger partial charge in [-0.3, -0.25) is 4.79 Å². The quantitative estimate of drug-likeness (QED) is 0.887. The lowest BCUT2D eigenvalue weighted by molar-refractivity contribution is 0.0864. The summed E-state index contributed by atoms with van der Waals surface area (Å²) in [6.45, 7) is 4.11. The van der Waals surface area contributed by atoms with Gasteiger partial charge in [0.05, 0.1) is 6.10 Å². The number of rotatable bonds is 5.